The van der Waals surface area contributed by atoms with Crippen molar-refractivity contribution in [3.8, 4) is 0 Å². The molecule has 1 unspecified atom stereocenters. The summed E-state index contributed by atoms with van der Waals surface area (Å²) in [6.07, 6.45) is 8.01. The number of piperidine rings is 1. The van der Waals surface area contributed by atoms with Crippen LogP contribution in [0, 0.1) is 5.92 Å². The molecule has 5 amide bonds. The molecule has 1 saturated heterocycles. The number of hydrogen-bond acceptors (Lipinski definition) is 5. The van der Waals surface area contributed by atoms with Crippen LogP contribution in [-0.2, 0) is 20.8 Å². The van der Waals surface area contributed by atoms with E-state index in [0.717, 1.165) is 16.9 Å². The summed E-state index contributed by atoms with van der Waals surface area (Å²) in [6, 6.07) is 4.19. The molecular formula is C25H31N3O5. The summed E-state index contributed by atoms with van der Waals surface area (Å²) in [6.45, 7) is 0.576. The molecule has 0 radical (unpaired) electrons. The van der Waals surface area contributed by atoms with Crippen LogP contribution in [0.2, 0.25) is 0 Å². The highest BCUT2D eigenvalue weighted by atomic mass is 16.2. The van der Waals surface area contributed by atoms with E-state index in [1.165, 1.54) is 25.7 Å². The van der Waals surface area contributed by atoms with Gasteiger partial charge in [-0.3, -0.25) is 34.2 Å². The summed E-state index contributed by atoms with van der Waals surface area (Å²) in [4.78, 5) is 65.0. The molecule has 1 aromatic carbocycles. The van der Waals surface area contributed by atoms with Gasteiger partial charge in [-0.15, -0.1) is 0 Å². The highest BCUT2D eigenvalue weighted by Crippen LogP contribution is 2.31. The minimum atomic E-state index is -0.966. The highest BCUT2D eigenvalue weighted by molar-refractivity contribution is 6.24. The number of imide groups is 2. The predicted molar refractivity (Wildman–Crippen MR) is 120 cm³/mol. The fraction of sp³-hybridized carbons (Fsp3) is 0.560. The minimum absolute atomic E-state index is 0.0950. The first kappa shape index (κ1) is 23.1. The van der Waals surface area contributed by atoms with E-state index >= 15 is 0 Å². The van der Waals surface area contributed by atoms with Gasteiger partial charge in [-0.1, -0.05) is 37.8 Å². The minimum Gasteiger partial charge on any atom is -0.346 e. The van der Waals surface area contributed by atoms with Crippen LogP contribution in [0.4, 0.5) is 0 Å². The Kier molecular flexibility index (Phi) is 6.91. The van der Waals surface area contributed by atoms with Crippen molar-refractivity contribution in [3.05, 3.63) is 34.9 Å². The Balaban J connectivity index is 1.36. The number of carbonyl (C=O) groups is 5. The second-order valence-electron chi connectivity index (χ2n) is 9.39. The molecule has 2 aliphatic heterocycles. The van der Waals surface area contributed by atoms with Crippen molar-refractivity contribution in [3.63, 3.8) is 0 Å². The standard InChI is InChI=1S/C25H31N3O5/c1-27(21(30)14-11-16-6-2-3-7-16)15-5-9-17-8-4-10-18-22(17)25(33)28(24(18)32)19-12-13-20(29)26-23(19)31/h4,8,10,16,19H,2-3,5-7,9,11-15H2,1H3,(H,26,29,31). The van der Waals surface area contributed by atoms with E-state index in [1.807, 2.05) is 13.1 Å². The molecule has 1 N–H and O–H groups in total. The fourth-order valence-corrected chi connectivity index (χ4v) is 5.24. The van der Waals surface area contributed by atoms with E-state index < -0.39 is 29.7 Å². The van der Waals surface area contributed by atoms with Gasteiger partial charge < -0.3 is 4.90 Å². The number of nitrogens with zero attached hydrogens (tertiary/aromatic N) is 2. The number of amides is 5. The number of hydrogen-bond donors (Lipinski definition) is 1. The molecule has 3 aliphatic rings. The van der Waals surface area contributed by atoms with Crippen molar-refractivity contribution >= 4 is 29.5 Å². The maximum absolute atomic E-state index is 13.1. The van der Waals surface area contributed by atoms with Gasteiger partial charge in [-0.05, 0) is 43.2 Å². The second kappa shape index (κ2) is 9.85. The first-order valence-corrected chi connectivity index (χ1v) is 11.9. The average Bonchev–Trinajstić information content (AvgIpc) is 3.40. The monoisotopic (exact) mass is 453 g/mol. The van der Waals surface area contributed by atoms with Crippen LogP contribution >= 0.6 is 0 Å². The lowest BCUT2D eigenvalue weighted by Crippen LogP contribution is -2.54. The molecule has 1 aliphatic carbocycles. The summed E-state index contributed by atoms with van der Waals surface area (Å²) in [5.74, 6) is -1.15. The largest absolute Gasteiger partial charge is 0.346 e. The van der Waals surface area contributed by atoms with Gasteiger partial charge in [0.1, 0.15) is 6.04 Å². The van der Waals surface area contributed by atoms with Gasteiger partial charge >= 0.3 is 0 Å². The molecule has 1 saturated carbocycles. The Morgan fingerprint density at radius 3 is 2.58 bits per heavy atom. The SMILES string of the molecule is CN(CCCc1cccc2c1C(=O)N(C1CCC(=O)NC1=O)C2=O)C(=O)CCC1CCCC1. The van der Waals surface area contributed by atoms with E-state index in [9.17, 15) is 24.0 Å². The highest BCUT2D eigenvalue weighted by Gasteiger charge is 2.45. The van der Waals surface area contributed by atoms with Crippen LogP contribution in [0.25, 0.3) is 0 Å². The molecule has 2 fully saturated rings. The van der Waals surface area contributed by atoms with Gasteiger partial charge in [0.05, 0.1) is 11.1 Å². The van der Waals surface area contributed by atoms with E-state index in [-0.39, 0.29) is 18.7 Å². The maximum atomic E-state index is 13.1. The normalized spacial score (nSPS) is 20.9. The van der Waals surface area contributed by atoms with Crippen molar-refractivity contribution in [2.45, 2.75) is 70.3 Å². The van der Waals surface area contributed by atoms with Crippen molar-refractivity contribution < 1.29 is 24.0 Å². The van der Waals surface area contributed by atoms with Crippen LogP contribution in [-0.4, -0.2) is 59.0 Å². The van der Waals surface area contributed by atoms with E-state index in [4.69, 9.17) is 0 Å². The second-order valence-corrected chi connectivity index (χ2v) is 9.39. The first-order chi connectivity index (χ1) is 15.9. The predicted octanol–water partition coefficient (Wildman–Crippen LogP) is 2.45. The van der Waals surface area contributed by atoms with Gasteiger partial charge in [0.25, 0.3) is 11.8 Å². The molecule has 1 atom stereocenters. The van der Waals surface area contributed by atoms with E-state index in [0.29, 0.717) is 42.9 Å². The number of fused-ring (bicyclic) bond motifs is 1. The molecule has 8 nitrogen and oxygen atoms in total. The number of nitrogens with one attached hydrogen (secondary N) is 1. The summed E-state index contributed by atoms with van der Waals surface area (Å²) in [5.41, 5.74) is 1.37. The van der Waals surface area contributed by atoms with E-state index in [2.05, 4.69) is 5.32 Å². The van der Waals surface area contributed by atoms with Crippen molar-refractivity contribution in [2.24, 2.45) is 5.92 Å². The van der Waals surface area contributed by atoms with Gasteiger partial charge in [0.2, 0.25) is 17.7 Å². The van der Waals surface area contributed by atoms with Gasteiger partial charge in [-0.25, -0.2) is 0 Å². The lowest BCUT2D eigenvalue weighted by molar-refractivity contribution is -0.136. The quantitative estimate of drug-likeness (QED) is 0.609. The summed E-state index contributed by atoms with van der Waals surface area (Å²) in [5, 5.41) is 2.21. The lowest BCUT2D eigenvalue weighted by atomic mass is 9.99. The van der Waals surface area contributed by atoms with E-state index in [1.54, 1.807) is 17.0 Å². The zero-order chi connectivity index (χ0) is 23.5. The molecule has 4 rings (SSSR count). The topological polar surface area (TPSA) is 104 Å². The zero-order valence-corrected chi connectivity index (χ0v) is 19.1. The Morgan fingerprint density at radius 2 is 1.85 bits per heavy atom. The molecule has 0 aromatic heterocycles. The Labute approximate surface area is 193 Å². The molecule has 176 valence electrons. The maximum Gasteiger partial charge on any atom is 0.262 e. The third-order valence-corrected chi connectivity index (χ3v) is 7.16. The van der Waals surface area contributed by atoms with Crippen molar-refractivity contribution in [1.82, 2.24) is 15.1 Å². The average molecular weight is 454 g/mol. The summed E-state index contributed by atoms with van der Waals surface area (Å²) in [7, 11) is 1.81. The van der Waals surface area contributed by atoms with Crippen LogP contribution < -0.4 is 5.32 Å². The van der Waals surface area contributed by atoms with Crippen LogP contribution in [0.15, 0.2) is 18.2 Å². The smallest absolute Gasteiger partial charge is 0.262 e. The molecule has 1 aromatic rings. The Bertz CT molecular complexity index is 982. The molecular weight excluding hydrogens is 422 g/mol. The fourth-order valence-electron chi connectivity index (χ4n) is 5.24. The zero-order valence-electron chi connectivity index (χ0n) is 19.1. The van der Waals surface area contributed by atoms with Gasteiger partial charge in [0, 0.05) is 26.4 Å². The third kappa shape index (κ3) is 4.84. The molecule has 2 heterocycles. The van der Waals surface area contributed by atoms with Crippen molar-refractivity contribution in [2.75, 3.05) is 13.6 Å². The molecule has 33 heavy (non-hydrogen) atoms. The number of carbonyl (C=O) groups excluding carboxylic acids is 5. The third-order valence-electron chi connectivity index (χ3n) is 7.16. The first-order valence-electron chi connectivity index (χ1n) is 11.9. The number of benzene rings is 1. The molecule has 0 bridgehead atoms. The molecule has 0 spiro atoms. The Hall–Kier alpha value is -3.03. The Morgan fingerprint density at radius 1 is 1.09 bits per heavy atom. The van der Waals surface area contributed by atoms with Gasteiger partial charge in [-0.2, -0.15) is 0 Å². The van der Waals surface area contributed by atoms with Gasteiger partial charge in [0.15, 0.2) is 0 Å². The summed E-state index contributed by atoms with van der Waals surface area (Å²) < 4.78 is 0. The number of aryl methyl sites for hydroxylation is 1. The van der Waals surface area contributed by atoms with Crippen LogP contribution in [0.1, 0.15) is 84.1 Å². The summed E-state index contributed by atoms with van der Waals surface area (Å²) >= 11 is 0. The van der Waals surface area contributed by atoms with Crippen LogP contribution in [0.3, 0.4) is 0 Å². The molecule has 8 heteroatoms. The lowest BCUT2D eigenvalue weighted by Gasteiger charge is -2.27. The van der Waals surface area contributed by atoms with Crippen LogP contribution in [0.5, 0.6) is 0 Å². The number of rotatable bonds is 8. The van der Waals surface area contributed by atoms with Crippen molar-refractivity contribution in [1.29, 1.82) is 0 Å².